The van der Waals surface area contributed by atoms with Crippen molar-refractivity contribution in [1.82, 2.24) is 10.2 Å². The predicted octanol–water partition coefficient (Wildman–Crippen LogP) is 2.52. The number of rotatable bonds is 5. The van der Waals surface area contributed by atoms with E-state index in [2.05, 4.69) is 16.8 Å². The maximum atomic E-state index is 13.0. The second kappa shape index (κ2) is 5.64. The number of benzene rings is 1. The molecule has 1 aromatic heterocycles. The zero-order valence-electron chi connectivity index (χ0n) is 12.0. The van der Waals surface area contributed by atoms with Crippen LogP contribution in [0.2, 0.25) is 0 Å². The highest BCUT2D eigenvalue weighted by atomic mass is 19.1. The van der Waals surface area contributed by atoms with E-state index in [-0.39, 0.29) is 17.6 Å². The van der Waals surface area contributed by atoms with E-state index in [9.17, 15) is 14.0 Å². The number of hydrogen-bond acceptors (Lipinski definition) is 3. The molecule has 0 spiro atoms. The summed E-state index contributed by atoms with van der Waals surface area (Å²) in [6.07, 6.45) is 2.85. The average molecular weight is 312 g/mol. The quantitative estimate of drug-likeness (QED) is 0.656. The highest BCUT2D eigenvalue weighted by Crippen LogP contribution is 2.37. The number of halogens is 1. The molecule has 0 bridgehead atoms. The molecule has 1 unspecified atom stereocenters. The summed E-state index contributed by atoms with van der Waals surface area (Å²) in [7, 11) is 0. The maximum Gasteiger partial charge on any atom is 0.332 e. The van der Waals surface area contributed by atoms with Crippen molar-refractivity contribution in [2.45, 2.75) is 6.42 Å². The molecule has 0 saturated carbocycles. The molecule has 3 rings (SSSR count). The summed E-state index contributed by atoms with van der Waals surface area (Å²) >= 11 is 0. The fraction of sp³-hybridized carbons (Fsp3) is 0.118. The van der Waals surface area contributed by atoms with Gasteiger partial charge in [-0.1, -0.05) is 24.8 Å². The Bertz CT molecular complexity index is 940. The molecule has 5 nitrogen and oxygen atoms in total. The molecule has 1 atom stereocenters. The number of aromatic amines is 1. The predicted molar refractivity (Wildman–Crippen MR) is 83.6 cm³/mol. The van der Waals surface area contributed by atoms with Crippen LogP contribution in [-0.4, -0.2) is 21.3 Å². The first-order valence-corrected chi connectivity index (χ1v) is 6.93. The summed E-state index contributed by atoms with van der Waals surface area (Å²) in [4.78, 5) is 22.9. The van der Waals surface area contributed by atoms with E-state index in [1.807, 2.05) is 0 Å². The van der Waals surface area contributed by atoms with Crippen LogP contribution in [0.1, 0.15) is 5.69 Å². The number of carboxylic acids is 1. The van der Waals surface area contributed by atoms with Crippen LogP contribution < -0.4 is 5.56 Å². The molecular weight excluding hydrogens is 299 g/mol. The van der Waals surface area contributed by atoms with Crippen molar-refractivity contribution in [1.29, 1.82) is 0 Å². The highest BCUT2D eigenvalue weighted by Gasteiger charge is 2.33. The maximum absolute atomic E-state index is 13.0. The highest BCUT2D eigenvalue weighted by molar-refractivity contribution is 5.90. The Kier molecular flexibility index (Phi) is 3.65. The van der Waals surface area contributed by atoms with Crippen molar-refractivity contribution < 1.29 is 14.3 Å². The average Bonchev–Trinajstić information content (AvgIpc) is 3.24. The number of nitrogens with zero attached hydrogens (tertiary/aromatic N) is 1. The van der Waals surface area contributed by atoms with Crippen molar-refractivity contribution in [2.75, 3.05) is 0 Å². The lowest BCUT2D eigenvalue weighted by Crippen LogP contribution is -2.11. The first kappa shape index (κ1) is 14.9. The van der Waals surface area contributed by atoms with Crippen LogP contribution in [0, 0.1) is 5.92 Å². The molecule has 0 radical (unpaired) electrons. The standard InChI is InChI=1S/C17H13FN2O3/c1-9(6-13(17(22)23)12-8-14(12)18)7-15-10-4-2-3-5-11(10)16(21)20-19-15/h2-6,8,12H,1,7H2,(H,20,21)(H,22,23)/b13-6+. The topological polar surface area (TPSA) is 83.0 Å². The molecule has 2 N–H and O–H groups in total. The van der Waals surface area contributed by atoms with Gasteiger partial charge >= 0.3 is 5.97 Å². The Labute approximate surface area is 130 Å². The van der Waals surface area contributed by atoms with Gasteiger partial charge in [-0.3, -0.25) is 4.79 Å². The molecule has 1 aliphatic rings. The zero-order valence-corrected chi connectivity index (χ0v) is 12.0. The second-order valence-electron chi connectivity index (χ2n) is 5.31. The van der Waals surface area contributed by atoms with E-state index in [0.717, 1.165) is 0 Å². The van der Waals surface area contributed by atoms with E-state index in [4.69, 9.17) is 5.11 Å². The Balaban J connectivity index is 1.90. The number of allylic oxidation sites excluding steroid dienone is 4. The Morgan fingerprint density at radius 2 is 2.04 bits per heavy atom. The van der Waals surface area contributed by atoms with Gasteiger partial charge in [-0.25, -0.2) is 14.3 Å². The molecular formula is C17H13FN2O3. The normalized spacial score (nSPS) is 17.0. The second-order valence-corrected chi connectivity index (χ2v) is 5.31. The number of carbonyl (C=O) groups is 1. The van der Waals surface area contributed by atoms with Gasteiger partial charge in [-0.2, -0.15) is 5.10 Å². The van der Waals surface area contributed by atoms with Crippen LogP contribution in [0.5, 0.6) is 0 Å². The molecule has 0 fully saturated rings. The molecule has 1 aliphatic carbocycles. The van der Waals surface area contributed by atoms with Crippen molar-refractivity contribution in [2.24, 2.45) is 5.92 Å². The van der Waals surface area contributed by atoms with Crippen LogP contribution in [0.3, 0.4) is 0 Å². The summed E-state index contributed by atoms with van der Waals surface area (Å²) in [5.41, 5.74) is 0.706. The third-order valence-electron chi connectivity index (χ3n) is 3.63. The number of aromatic nitrogens is 2. The Morgan fingerprint density at radius 3 is 2.65 bits per heavy atom. The summed E-state index contributed by atoms with van der Waals surface area (Å²) in [5.74, 6) is -2.39. The van der Waals surface area contributed by atoms with Crippen LogP contribution in [-0.2, 0) is 11.2 Å². The Hall–Kier alpha value is -3.02. The number of carboxylic acid groups (broad SMARTS) is 1. The first-order chi connectivity index (χ1) is 11.0. The molecule has 2 aromatic rings. The first-order valence-electron chi connectivity index (χ1n) is 6.93. The van der Waals surface area contributed by atoms with Gasteiger partial charge in [-0.15, -0.1) is 0 Å². The number of H-pyrrole nitrogens is 1. The third-order valence-corrected chi connectivity index (χ3v) is 3.63. The third kappa shape index (κ3) is 2.96. The van der Waals surface area contributed by atoms with Crippen LogP contribution in [0.15, 0.2) is 64.8 Å². The molecule has 1 aromatic carbocycles. The lowest BCUT2D eigenvalue weighted by atomic mass is 10.0. The number of fused-ring (bicyclic) bond motifs is 1. The van der Waals surface area contributed by atoms with E-state index in [1.54, 1.807) is 24.3 Å². The SMILES string of the molecule is C=C(/C=C(/C(=O)O)C1C=C1F)Cc1n[nH]c(=O)c2ccccc12. The van der Waals surface area contributed by atoms with Crippen LogP contribution in [0.4, 0.5) is 4.39 Å². The molecule has 23 heavy (non-hydrogen) atoms. The van der Waals surface area contributed by atoms with Crippen molar-refractivity contribution in [3.05, 3.63) is 76.0 Å². The van der Waals surface area contributed by atoms with E-state index >= 15 is 0 Å². The van der Waals surface area contributed by atoms with E-state index in [0.29, 0.717) is 22.0 Å². The summed E-state index contributed by atoms with van der Waals surface area (Å²) in [6.45, 7) is 3.82. The van der Waals surface area contributed by atoms with Gasteiger partial charge in [0.05, 0.1) is 22.6 Å². The van der Waals surface area contributed by atoms with Crippen LogP contribution in [0.25, 0.3) is 10.8 Å². The monoisotopic (exact) mass is 312 g/mol. The zero-order chi connectivity index (χ0) is 16.6. The van der Waals surface area contributed by atoms with Gasteiger partial charge in [0, 0.05) is 11.8 Å². The smallest absolute Gasteiger partial charge is 0.332 e. The van der Waals surface area contributed by atoms with Crippen molar-refractivity contribution in [3.8, 4) is 0 Å². The molecule has 0 saturated heterocycles. The minimum absolute atomic E-state index is 0.0544. The molecule has 6 heteroatoms. The van der Waals surface area contributed by atoms with Gasteiger partial charge in [0.1, 0.15) is 5.83 Å². The number of hydrogen-bond donors (Lipinski definition) is 2. The lowest BCUT2D eigenvalue weighted by molar-refractivity contribution is -0.132. The van der Waals surface area contributed by atoms with Gasteiger partial charge in [0.15, 0.2) is 0 Å². The van der Waals surface area contributed by atoms with Gasteiger partial charge in [0.25, 0.3) is 5.56 Å². The molecule has 0 aliphatic heterocycles. The molecule has 0 amide bonds. The van der Waals surface area contributed by atoms with Gasteiger partial charge < -0.3 is 5.11 Å². The number of aliphatic carboxylic acids is 1. The Morgan fingerprint density at radius 1 is 1.39 bits per heavy atom. The summed E-state index contributed by atoms with van der Waals surface area (Å²) < 4.78 is 13.0. The molecule has 1 heterocycles. The summed E-state index contributed by atoms with van der Waals surface area (Å²) in [5, 5.41) is 16.8. The van der Waals surface area contributed by atoms with E-state index in [1.165, 1.54) is 12.2 Å². The minimum atomic E-state index is -1.18. The molecule has 116 valence electrons. The van der Waals surface area contributed by atoms with Crippen LogP contribution >= 0.6 is 0 Å². The lowest BCUT2D eigenvalue weighted by Gasteiger charge is -2.06. The van der Waals surface area contributed by atoms with Crippen molar-refractivity contribution in [3.63, 3.8) is 0 Å². The van der Waals surface area contributed by atoms with Gasteiger partial charge in [-0.05, 0) is 23.8 Å². The fourth-order valence-electron chi connectivity index (χ4n) is 2.43. The fourth-order valence-corrected chi connectivity index (χ4v) is 2.43. The van der Waals surface area contributed by atoms with Gasteiger partial charge in [0.2, 0.25) is 0 Å². The minimum Gasteiger partial charge on any atom is -0.478 e. The van der Waals surface area contributed by atoms with Crippen molar-refractivity contribution >= 4 is 16.7 Å². The number of nitrogens with one attached hydrogen (secondary N) is 1. The van der Waals surface area contributed by atoms with E-state index < -0.39 is 17.7 Å². The summed E-state index contributed by atoms with van der Waals surface area (Å²) in [6, 6.07) is 6.99. The largest absolute Gasteiger partial charge is 0.478 e.